The molecule has 43 heavy (non-hydrogen) atoms. The normalized spacial score (nSPS) is 21.4. The number of rotatable bonds is 12. The van der Waals surface area contributed by atoms with Crippen LogP contribution < -0.4 is 24.4 Å². The van der Waals surface area contributed by atoms with Crippen LogP contribution >= 0.6 is 0 Å². The van der Waals surface area contributed by atoms with Crippen molar-refractivity contribution in [3.8, 4) is 11.6 Å². The summed E-state index contributed by atoms with van der Waals surface area (Å²) < 4.78 is 72.0. The van der Waals surface area contributed by atoms with Crippen molar-refractivity contribution in [2.75, 3.05) is 71.1 Å². The molecule has 0 radical (unpaired) electrons. The number of nitrogens with zero attached hydrogens (tertiary/aromatic N) is 3. The van der Waals surface area contributed by atoms with Crippen molar-refractivity contribution < 1.29 is 41.3 Å². The molecule has 3 aliphatic rings. The van der Waals surface area contributed by atoms with Gasteiger partial charge in [0.2, 0.25) is 25.9 Å². The molecule has 5 rings (SSSR count). The maximum absolute atomic E-state index is 13.5. The van der Waals surface area contributed by atoms with Crippen LogP contribution in [0.4, 0.5) is 5.69 Å². The molecule has 2 atom stereocenters. The van der Waals surface area contributed by atoms with Crippen molar-refractivity contribution in [3.05, 3.63) is 36.5 Å². The SMILES string of the molecule is CNS(=O)(=O)c1cccc(OC[C@@H](O)CNC2COC3(CCN(S(=O)(=O)c4cnc5c(c4)N(CCO)CCO5)CC3)C2)c1. The van der Waals surface area contributed by atoms with Gasteiger partial charge in [0.05, 0.1) is 36.5 Å². The van der Waals surface area contributed by atoms with E-state index in [1.807, 2.05) is 4.90 Å². The summed E-state index contributed by atoms with van der Waals surface area (Å²) in [4.78, 5) is 6.27. The number of aliphatic hydroxyl groups excluding tert-OH is 2. The van der Waals surface area contributed by atoms with Crippen molar-refractivity contribution in [2.24, 2.45) is 0 Å². The van der Waals surface area contributed by atoms with Crippen molar-refractivity contribution >= 4 is 25.7 Å². The Labute approximate surface area is 252 Å². The second kappa shape index (κ2) is 13.2. The van der Waals surface area contributed by atoms with Crippen molar-refractivity contribution in [1.29, 1.82) is 0 Å². The van der Waals surface area contributed by atoms with Crippen LogP contribution in [-0.4, -0.2) is 120 Å². The molecular formula is C27H39N5O9S2. The first-order chi connectivity index (χ1) is 20.5. The molecule has 2 saturated heterocycles. The van der Waals surface area contributed by atoms with Gasteiger partial charge < -0.3 is 34.6 Å². The number of ether oxygens (including phenoxy) is 3. The summed E-state index contributed by atoms with van der Waals surface area (Å²) in [6.45, 7) is 2.55. The number of fused-ring (bicyclic) bond motifs is 1. The molecule has 0 saturated carbocycles. The Balaban J connectivity index is 1.10. The lowest BCUT2D eigenvalue weighted by molar-refractivity contribution is -0.0312. The van der Waals surface area contributed by atoms with Crippen LogP contribution in [0.5, 0.6) is 11.6 Å². The predicted octanol–water partition coefficient (Wildman–Crippen LogP) is -0.477. The number of nitrogens with one attached hydrogen (secondary N) is 2. The molecule has 1 aromatic carbocycles. The van der Waals surface area contributed by atoms with Gasteiger partial charge in [-0.3, -0.25) is 0 Å². The number of β-amino-alcohol motifs (C(OH)–C–C–N with tert-alkyl or cyclic N) is 1. The predicted molar refractivity (Wildman–Crippen MR) is 156 cm³/mol. The Kier molecular flexibility index (Phi) is 9.77. The third kappa shape index (κ3) is 7.23. The zero-order valence-corrected chi connectivity index (χ0v) is 25.6. The lowest BCUT2D eigenvalue weighted by atomic mass is 9.88. The van der Waals surface area contributed by atoms with Gasteiger partial charge >= 0.3 is 0 Å². The summed E-state index contributed by atoms with van der Waals surface area (Å²) in [5, 5.41) is 23.1. The highest BCUT2D eigenvalue weighted by Crippen LogP contribution is 2.38. The number of anilines is 1. The van der Waals surface area contributed by atoms with Crippen LogP contribution in [0.2, 0.25) is 0 Å². The van der Waals surface area contributed by atoms with Gasteiger partial charge in [-0.1, -0.05) is 6.07 Å². The topological polar surface area (TPSA) is 180 Å². The van der Waals surface area contributed by atoms with E-state index in [9.17, 15) is 27.0 Å². The maximum atomic E-state index is 13.5. The molecule has 4 heterocycles. The quantitative estimate of drug-likeness (QED) is 0.234. The summed E-state index contributed by atoms with van der Waals surface area (Å²) in [7, 11) is -6.05. The average molecular weight is 642 g/mol. The van der Waals surface area contributed by atoms with Crippen LogP contribution in [0.1, 0.15) is 19.3 Å². The number of piperidine rings is 1. The van der Waals surface area contributed by atoms with E-state index in [0.29, 0.717) is 76.0 Å². The smallest absolute Gasteiger partial charge is 0.244 e. The van der Waals surface area contributed by atoms with E-state index in [4.69, 9.17) is 14.2 Å². The number of hydrogen-bond donors (Lipinski definition) is 4. The monoisotopic (exact) mass is 641 g/mol. The van der Waals surface area contributed by atoms with Crippen LogP contribution in [0, 0.1) is 0 Å². The van der Waals surface area contributed by atoms with Gasteiger partial charge in [-0.15, -0.1) is 0 Å². The third-order valence-electron chi connectivity index (χ3n) is 8.07. The highest BCUT2D eigenvalue weighted by molar-refractivity contribution is 7.89. The molecule has 1 unspecified atom stereocenters. The van der Waals surface area contributed by atoms with Crippen molar-refractivity contribution in [1.82, 2.24) is 19.3 Å². The van der Waals surface area contributed by atoms with E-state index in [-0.39, 0.29) is 35.6 Å². The van der Waals surface area contributed by atoms with Crippen molar-refractivity contribution in [3.63, 3.8) is 0 Å². The van der Waals surface area contributed by atoms with Gasteiger partial charge in [0.25, 0.3) is 0 Å². The van der Waals surface area contributed by atoms with Crippen molar-refractivity contribution in [2.45, 2.75) is 46.8 Å². The highest BCUT2D eigenvalue weighted by Gasteiger charge is 2.45. The zero-order chi connectivity index (χ0) is 30.7. The second-order valence-corrected chi connectivity index (χ2v) is 14.7. The molecule has 14 nitrogen and oxygen atoms in total. The third-order valence-corrected chi connectivity index (χ3v) is 11.3. The lowest BCUT2D eigenvalue weighted by Crippen LogP contribution is -2.47. The molecule has 2 aromatic rings. The van der Waals surface area contributed by atoms with E-state index >= 15 is 0 Å². The molecule has 0 amide bonds. The summed E-state index contributed by atoms with van der Waals surface area (Å²) in [6, 6.07) is 7.61. The van der Waals surface area contributed by atoms with Crippen LogP contribution in [0.25, 0.3) is 0 Å². The summed E-state index contributed by atoms with van der Waals surface area (Å²) in [5.41, 5.74) is 0.121. The molecular weight excluding hydrogens is 602 g/mol. The minimum Gasteiger partial charge on any atom is -0.491 e. The zero-order valence-electron chi connectivity index (χ0n) is 24.0. The fraction of sp³-hybridized carbons (Fsp3) is 0.593. The lowest BCUT2D eigenvalue weighted by Gasteiger charge is -2.38. The molecule has 0 aliphatic carbocycles. The Morgan fingerprint density at radius 3 is 2.70 bits per heavy atom. The van der Waals surface area contributed by atoms with Crippen LogP contribution in [0.3, 0.4) is 0 Å². The summed E-state index contributed by atoms with van der Waals surface area (Å²) in [5.74, 6) is 0.697. The number of sulfonamides is 2. The Bertz CT molecular complexity index is 1480. The number of benzene rings is 1. The van der Waals surface area contributed by atoms with Crippen LogP contribution in [0.15, 0.2) is 46.3 Å². The first kappa shape index (κ1) is 31.8. The average Bonchev–Trinajstić information content (AvgIpc) is 3.41. The minimum absolute atomic E-state index is 0.00994. The fourth-order valence-corrected chi connectivity index (χ4v) is 7.81. The number of aromatic nitrogens is 1. The highest BCUT2D eigenvalue weighted by atomic mass is 32.2. The molecule has 238 valence electrons. The molecule has 1 aromatic heterocycles. The first-order valence-electron chi connectivity index (χ1n) is 14.3. The van der Waals surface area contributed by atoms with E-state index in [2.05, 4.69) is 15.0 Å². The van der Waals surface area contributed by atoms with E-state index in [1.165, 1.54) is 29.7 Å². The van der Waals surface area contributed by atoms with E-state index in [0.717, 1.165) is 0 Å². The van der Waals surface area contributed by atoms with Gasteiger partial charge in [-0.25, -0.2) is 26.5 Å². The number of pyridine rings is 1. The summed E-state index contributed by atoms with van der Waals surface area (Å²) in [6.07, 6.45) is 2.26. The Morgan fingerprint density at radius 2 is 1.95 bits per heavy atom. The first-order valence-corrected chi connectivity index (χ1v) is 17.2. The second-order valence-electron chi connectivity index (χ2n) is 10.9. The Hall–Kier alpha value is -2.57. The maximum Gasteiger partial charge on any atom is 0.244 e. The standard InChI is InChI=1S/C27H39N5O9S2/c1-28-42(35,36)23-4-2-3-22(13-23)40-19-21(34)16-29-20-15-27(41-18-20)5-7-32(8-6-27)43(37,38)24-14-25-26(30-17-24)39-12-10-31(25)9-11-33/h2-4,13-14,17,20-21,28-29,33-34H,5-12,15-16,18-19H2,1H3/t20?,21-/m0/s1. The number of aliphatic hydroxyl groups is 2. The van der Waals surface area contributed by atoms with E-state index in [1.54, 1.807) is 18.2 Å². The van der Waals surface area contributed by atoms with Gasteiger partial charge in [0.1, 0.15) is 35.7 Å². The van der Waals surface area contributed by atoms with Gasteiger partial charge in [0.15, 0.2) is 0 Å². The fourth-order valence-electron chi connectivity index (χ4n) is 5.64. The van der Waals surface area contributed by atoms with Crippen LogP contribution in [-0.2, 0) is 24.8 Å². The van der Waals surface area contributed by atoms with E-state index < -0.39 is 31.8 Å². The van der Waals surface area contributed by atoms with Gasteiger partial charge in [-0.2, -0.15) is 4.31 Å². The molecule has 3 aliphatic heterocycles. The molecule has 16 heteroatoms. The minimum atomic E-state index is -3.79. The van der Waals surface area contributed by atoms with Gasteiger partial charge in [-0.05, 0) is 44.5 Å². The Morgan fingerprint density at radius 1 is 1.16 bits per heavy atom. The molecule has 0 bridgehead atoms. The molecule has 4 N–H and O–H groups in total. The number of hydrogen-bond acceptors (Lipinski definition) is 12. The molecule has 2 fully saturated rings. The largest absolute Gasteiger partial charge is 0.491 e. The van der Waals surface area contributed by atoms with Gasteiger partial charge in [0, 0.05) is 38.3 Å². The summed E-state index contributed by atoms with van der Waals surface area (Å²) >= 11 is 0. The molecule has 1 spiro atoms.